The van der Waals surface area contributed by atoms with Crippen molar-refractivity contribution in [3.05, 3.63) is 32.7 Å². The maximum absolute atomic E-state index is 5.72. The highest BCUT2D eigenvalue weighted by Gasteiger charge is 2.12. The van der Waals surface area contributed by atoms with Crippen LogP contribution < -0.4 is 11.3 Å². The molecule has 0 aromatic heterocycles. The van der Waals surface area contributed by atoms with E-state index in [0.717, 1.165) is 15.4 Å². The minimum atomic E-state index is 0.229. The molecule has 0 saturated carbocycles. The van der Waals surface area contributed by atoms with Crippen LogP contribution in [-0.4, -0.2) is 0 Å². The van der Waals surface area contributed by atoms with Crippen molar-refractivity contribution in [2.45, 2.75) is 70.8 Å². The van der Waals surface area contributed by atoms with Crippen LogP contribution in [0.25, 0.3) is 0 Å². The molecule has 120 valence electrons. The van der Waals surface area contributed by atoms with Gasteiger partial charge < -0.3 is 0 Å². The summed E-state index contributed by atoms with van der Waals surface area (Å²) in [6, 6.07) is 6.50. The van der Waals surface area contributed by atoms with E-state index in [9.17, 15) is 0 Å². The number of halogens is 2. The highest BCUT2D eigenvalue weighted by molar-refractivity contribution is 9.11. The first-order valence-electron chi connectivity index (χ1n) is 8.10. The van der Waals surface area contributed by atoms with E-state index in [2.05, 4.69) is 62.4 Å². The summed E-state index contributed by atoms with van der Waals surface area (Å²) in [5, 5.41) is 0. The summed E-state index contributed by atoms with van der Waals surface area (Å²) in [5.41, 5.74) is 4.19. The molecule has 1 aromatic carbocycles. The van der Waals surface area contributed by atoms with Crippen LogP contribution >= 0.6 is 31.9 Å². The molecular weight excluding hydrogens is 392 g/mol. The molecule has 0 radical (unpaired) electrons. The summed E-state index contributed by atoms with van der Waals surface area (Å²) in [6.07, 6.45) is 11.9. The van der Waals surface area contributed by atoms with Crippen LogP contribution in [0.4, 0.5) is 0 Å². The molecule has 21 heavy (non-hydrogen) atoms. The standard InChI is InChI=1S/C17H28Br2N2/c1-2-3-4-5-6-7-8-9-10-17(21-20)15-12-11-14(18)13-16(15)19/h11-13,17,21H,2-10,20H2,1H3. The van der Waals surface area contributed by atoms with Gasteiger partial charge in [0, 0.05) is 15.0 Å². The van der Waals surface area contributed by atoms with Crippen LogP contribution in [0.15, 0.2) is 27.1 Å². The van der Waals surface area contributed by atoms with Gasteiger partial charge in [0.05, 0.1) is 0 Å². The van der Waals surface area contributed by atoms with E-state index in [1.165, 1.54) is 56.9 Å². The summed E-state index contributed by atoms with van der Waals surface area (Å²) < 4.78 is 2.19. The Labute approximate surface area is 146 Å². The van der Waals surface area contributed by atoms with Crippen LogP contribution in [-0.2, 0) is 0 Å². The molecule has 0 amide bonds. The third kappa shape index (κ3) is 7.78. The number of unbranched alkanes of at least 4 members (excludes halogenated alkanes) is 7. The first-order chi connectivity index (χ1) is 10.2. The molecule has 0 aliphatic heterocycles. The number of hydrogen-bond donors (Lipinski definition) is 2. The van der Waals surface area contributed by atoms with E-state index in [1.807, 2.05) is 0 Å². The van der Waals surface area contributed by atoms with Crippen molar-refractivity contribution in [2.24, 2.45) is 5.84 Å². The van der Waals surface area contributed by atoms with Crippen LogP contribution in [0.3, 0.4) is 0 Å². The van der Waals surface area contributed by atoms with Crippen molar-refractivity contribution < 1.29 is 0 Å². The van der Waals surface area contributed by atoms with Gasteiger partial charge in [-0.3, -0.25) is 11.3 Å². The molecule has 0 aliphatic rings. The quantitative estimate of drug-likeness (QED) is 0.252. The second kappa shape index (κ2) is 11.6. The first-order valence-corrected chi connectivity index (χ1v) is 9.68. The SMILES string of the molecule is CCCCCCCCCCC(NN)c1ccc(Br)cc1Br. The largest absolute Gasteiger partial charge is 0.271 e. The molecule has 0 fully saturated rings. The molecule has 1 atom stereocenters. The smallest absolute Gasteiger partial charge is 0.0471 e. The fourth-order valence-corrected chi connectivity index (χ4v) is 3.92. The average molecular weight is 420 g/mol. The number of benzene rings is 1. The van der Waals surface area contributed by atoms with Gasteiger partial charge >= 0.3 is 0 Å². The number of hydrogen-bond acceptors (Lipinski definition) is 2. The molecule has 3 N–H and O–H groups in total. The van der Waals surface area contributed by atoms with Crippen molar-refractivity contribution >= 4 is 31.9 Å². The van der Waals surface area contributed by atoms with Gasteiger partial charge in [-0.15, -0.1) is 0 Å². The number of nitrogens with two attached hydrogens (primary N) is 1. The molecule has 1 unspecified atom stereocenters. The summed E-state index contributed by atoms with van der Waals surface area (Å²) in [6.45, 7) is 2.26. The molecule has 4 heteroatoms. The fraction of sp³-hybridized carbons (Fsp3) is 0.647. The summed E-state index contributed by atoms with van der Waals surface area (Å²) in [4.78, 5) is 0. The minimum Gasteiger partial charge on any atom is -0.271 e. The summed E-state index contributed by atoms with van der Waals surface area (Å²) in [7, 11) is 0. The van der Waals surface area contributed by atoms with Crippen LogP contribution in [0.1, 0.15) is 76.3 Å². The Kier molecular flexibility index (Phi) is 10.6. The van der Waals surface area contributed by atoms with Crippen molar-refractivity contribution in [1.29, 1.82) is 0 Å². The Morgan fingerprint density at radius 2 is 1.62 bits per heavy atom. The Morgan fingerprint density at radius 1 is 1.00 bits per heavy atom. The predicted molar refractivity (Wildman–Crippen MR) is 99.1 cm³/mol. The molecule has 1 rings (SSSR count). The van der Waals surface area contributed by atoms with Gasteiger partial charge in [-0.05, 0) is 24.1 Å². The third-order valence-corrected chi connectivity index (χ3v) is 5.07. The van der Waals surface area contributed by atoms with Crippen LogP contribution in [0, 0.1) is 0 Å². The van der Waals surface area contributed by atoms with Crippen LogP contribution in [0.5, 0.6) is 0 Å². The molecule has 0 spiro atoms. The molecule has 1 aromatic rings. The molecule has 2 nitrogen and oxygen atoms in total. The van der Waals surface area contributed by atoms with E-state index in [0.29, 0.717) is 0 Å². The Bertz CT molecular complexity index is 396. The molecular formula is C17H28Br2N2. The van der Waals surface area contributed by atoms with Gasteiger partial charge in [0.25, 0.3) is 0 Å². The van der Waals surface area contributed by atoms with Crippen molar-refractivity contribution in [1.82, 2.24) is 5.43 Å². The van der Waals surface area contributed by atoms with E-state index < -0.39 is 0 Å². The normalized spacial score (nSPS) is 12.6. The van der Waals surface area contributed by atoms with Crippen molar-refractivity contribution in [3.8, 4) is 0 Å². The second-order valence-electron chi connectivity index (χ2n) is 5.65. The first kappa shape index (κ1) is 19.1. The maximum Gasteiger partial charge on any atom is 0.0471 e. The third-order valence-electron chi connectivity index (χ3n) is 3.89. The average Bonchev–Trinajstić information content (AvgIpc) is 2.47. The van der Waals surface area contributed by atoms with Crippen LogP contribution in [0.2, 0.25) is 0 Å². The number of rotatable bonds is 11. The van der Waals surface area contributed by atoms with Crippen molar-refractivity contribution in [2.75, 3.05) is 0 Å². The maximum atomic E-state index is 5.72. The van der Waals surface area contributed by atoms with Gasteiger partial charge in [0.15, 0.2) is 0 Å². The zero-order chi connectivity index (χ0) is 15.5. The number of nitrogens with one attached hydrogen (secondary N) is 1. The summed E-state index contributed by atoms with van der Waals surface area (Å²) >= 11 is 7.11. The second-order valence-corrected chi connectivity index (χ2v) is 7.42. The monoisotopic (exact) mass is 418 g/mol. The van der Waals surface area contributed by atoms with Gasteiger partial charge in [-0.2, -0.15) is 0 Å². The zero-order valence-corrected chi connectivity index (χ0v) is 16.2. The Hall–Kier alpha value is 0.1000. The zero-order valence-electron chi connectivity index (χ0n) is 13.0. The lowest BCUT2D eigenvalue weighted by Crippen LogP contribution is -2.28. The number of hydrazine groups is 1. The molecule has 0 heterocycles. The lowest BCUT2D eigenvalue weighted by molar-refractivity contribution is 0.474. The molecule has 0 bridgehead atoms. The van der Waals surface area contributed by atoms with Gasteiger partial charge in [-0.25, -0.2) is 0 Å². The van der Waals surface area contributed by atoms with E-state index in [4.69, 9.17) is 5.84 Å². The van der Waals surface area contributed by atoms with Gasteiger partial charge in [-0.1, -0.05) is 96.2 Å². The van der Waals surface area contributed by atoms with Crippen molar-refractivity contribution in [3.63, 3.8) is 0 Å². The van der Waals surface area contributed by atoms with E-state index in [-0.39, 0.29) is 6.04 Å². The highest BCUT2D eigenvalue weighted by Crippen LogP contribution is 2.29. The summed E-state index contributed by atoms with van der Waals surface area (Å²) in [5.74, 6) is 5.72. The van der Waals surface area contributed by atoms with E-state index in [1.54, 1.807) is 0 Å². The van der Waals surface area contributed by atoms with Gasteiger partial charge in [0.1, 0.15) is 0 Å². The lowest BCUT2D eigenvalue weighted by Gasteiger charge is -2.18. The topological polar surface area (TPSA) is 38.0 Å². The predicted octanol–water partition coefficient (Wildman–Crippen LogP) is 6.25. The highest BCUT2D eigenvalue weighted by atomic mass is 79.9. The fourth-order valence-electron chi connectivity index (χ4n) is 2.60. The van der Waals surface area contributed by atoms with E-state index >= 15 is 0 Å². The lowest BCUT2D eigenvalue weighted by atomic mass is 10.00. The minimum absolute atomic E-state index is 0.229. The molecule has 0 aliphatic carbocycles. The Morgan fingerprint density at radius 3 is 2.19 bits per heavy atom. The molecule has 0 saturated heterocycles. The van der Waals surface area contributed by atoms with Gasteiger partial charge in [0.2, 0.25) is 0 Å². The Balaban J connectivity index is 2.25.